The van der Waals surface area contributed by atoms with Crippen molar-refractivity contribution in [1.82, 2.24) is 4.90 Å². The maximum absolute atomic E-state index is 10.3. The fraction of sp³-hybridized carbons (Fsp3) is 1.00. The lowest BCUT2D eigenvalue weighted by molar-refractivity contribution is 0.00240. The fourth-order valence-corrected chi connectivity index (χ4v) is 3.80. The Labute approximate surface area is 113 Å². The van der Waals surface area contributed by atoms with Gasteiger partial charge in [-0.1, -0.05) is 20.8 Å². The molecule has 2 heteroatoms. The summed E-state index contributed by atoms with van der Waals surface area (Å²) in [6.07, 6.45) is 6.05. The molecule has 1 saturated carbocycles. The summed E-state index contributed by atoms with van der Waals surface area (Å²) < 4.78 is 0. The molecular formula is C16H31NO. The molecule has 0 amide bonds. The average molecular weight is 253 g/mol. The van der Waals surface area contributed by atoms with E-state index in [-0.39, 0.29) is 6.10 Å². The summed E-state index contributed by atoms with van der Waals surface area (Å²) in [6.45, 7) is 11.8. The first-order chi connectivity index (χ1) is 8.38. The van der Waals surface area contributed by atoms with Crippen molar-refractivity contribution in [3.05, 3.63) is 0 Å². The minimum absolute atomic E-state index is 0.0589. The molecule has 1 heterocycles. The molecule has 2 rings (SSSR count). The van der Waals surface area contributed by atoms with Crippen LogP contribution in [0.25, 0.3) is 0 Å². The van der Waals surface area contributed by atoms with E-state index < -0.39 is 0 Å². The highest BCUT2D eigenvalue weighted by Gasteiger charge is 2.36. The van der Waals surface area contributed by atoms with Crippen LogP contribution in [-0.4, -0.2) is 35.2 Å². The first-order valence-corrected chi connectivity index (χ1v) is 7.80. The van der Waals surface area contributed by atoms with E-state index in [4.69, 9.17) is 0 Å². The summed E-state index contributed by atoms with van der Waals surface area (Å²) in [5.41, 5.74) is 0.398. The van der Waals surface area contributed by atoms with Gasteiger partial charge in [-0.2, -0.15) is 0 Å². The molecule has 1 N–H and O–H groups in total. The fourth-order valence-electron chi connectivity index (χ4n) is 3.80. The highest BCUT2D eigenvalue weighted by Crippen LogP contribution is 2.41. The third kappa shape index (κ3) is 3.27. The standard InChI is InChI=1S/C16H31NO/c1-12-6-5-9-17(12)11-13-10-14(16(2,3)4)7-8-15(13)18/h12-15,18H,5-11H2,1-4H3. The molecule has 18 heavy (non-hydrogen) atoms. The van der Waals surface area contributed by atoms with Gasteiger partial charge in [0.25, 0.3) is 0 Å². The van der Waals surface area contributed by atoms with Crippen LogP contribution < -0.4 is 0 Å². The smallest absolute Gasteiger partial charge is 0.0580 e. The Morgan fingerprint density at radius 2 is 1.89 bits per heavy atom. The maximum Gasteiger partial charge on any atom is 0.0580 e. The molecule has 0 bridgehead atoms. The van der Waals surface area contributed by atoms with E-state index in [1.54, 1.807) is 0 Å². The van der Waals surface area contributed by atoms with E-state index in [9.17, 15) is 5.11 Å². The van der Waals surface area contributed by atoms with Crippen LogP contribution in [-0.2, 0) is 0 Å². The molecule has 1 saturated heterocycles. The lowest BCUT2D eigenvalue weighted by atomic mass is 9.68. The number of likely N-dealkylation sites (tertiary alicyclic amines) is 1. The Bertz CT molecular complexity index is 269. The minimum atomic E-state index is -0.0589. The average Bonchev–Trinajstić information content (AvgIpc) is 2.66. The summed E-state index contributed by atoms with van der Waals surface area (Å²) in [5.74, 6) is 1.28. The summed E-state index contributed by atoms with van der Waals surface area (Å²) >= 11 is 0. The lowest BCUT2D eigenvalue weighted by Gasteiger charge is -2.41. The molecule has 2 aliphatic rings. The highest BCUT2D eigenvalue weighted by atomic mass is 16.3. The maximum atomic E-state index is 10.3. The number of aliphatic hydroxyl groups excluding tert-OH is 1. The number of hydrogen-bond acceptors (Lipinski definition) is 2. The molecule has 2 nitrogen and oxygen atoms in total. The molecule has 1 aliphatic heterocycles. The number of hydrogen-bond donors (Lipinski definition) is 1. The van der Waals surface area contributed by atoms with Crippen LogP contribution in [0.15, 0.2) is 0 Å². The van der Waals surface area contributed by atoms with Crippen molar-refractivity contribution < 1.29 is 5.11 Å². The van der Waals surface area contributed by atoms with Crippen LogP contribution in [0, 0.1) is 17.3 Å². The third-order valence-electron chi connectivity index (χ3n) is 5.33. The summed E-state index contributed by atoms with van der Waals surface area (Å²) in [5, 5.41) is 10.3. The van der Waals surface area contributed by atoms with Crippen molar-refractivity contribution in [2.24, 2.45) is 17.3 Å². The van der Waals surface area contributed by atoms with Crippen molar-refractivity contribution in [2.75, 3.05) is 13.1 Å². The van der Waals surface area contributed by atoms with Gasteiger partial charge in [0, 0.05) is 12.6 Å². The van der Waals surface area contributed by atoms with Crippen molar-refractivity contribution in [3.63, 3.8) is 0 Å². The molecule has 2 fully saturated rings. The highest BCUT2D eigenvalue weighted by molar-refractivity contribution is 4.88. The molecular weight excluding hydrogens is 222 g/mol. The summed E-state index contributed by atoms with van der Waals surface area (Å²) in [7, 11) is 0. The lowest BCUT2D eigenvalue weighted by Crippen LogP contribution is -2.42. The van der Waals surface area contributed by atoms with E-state index in [0.29, 0.717) is 11.3 Å². The zero-order chi connectivity index (χ0) is 13.3. The van der Waals surface area contributed by atoms with Gasteiger partial charge in [0.15, 0.2) is 0 Å². The SMILES string of the molecule is CC1CCCN1CC1CC(C(C)(C)C)CCC1O. The van der Waals surface area contributed by atoms with Crippen molar-refractivity contribution in [1.29, 1.82) is 0 Å². The second-order valence-electron chi connectivity index (χ2n) is 7.69. The van der Waals surface area contributed by atoms with Crippen LogP contribution in [0.3, 0.4) is 0 Å². The Hall–Kier alpha value is -0.0800. The van der Waals surface area contributed by atoms with Gasteiger partial charge in [0.05, 0.1) is 6.10 Å². The molecule has 0 aromatic carbocycles. The van der Waals surface area contributed by atoms with Gasteiger partial charge in [0.1, 0.15) is 0 Å². The van der Waals surface area contributed by atoms with E-state index in [1.165, 1.54) is 32.2 Å². The quantitative estimate of drug-likeness (QED) is 0.816. The van der Waals surface area contributed by atoms with Crippen LogP contribution in [0.5, 0.6) is 0 Å². The van der Waals surface area contributed by atoms with Crippen LogP contribution in [0.4, 0.5) is 0 Å². The van der Waals surface area contributed by atoms with E-state index in [2.05, 4.69) is 32.6 Å². The van der Waals surface area contributed by atoms with Gasteiger partial charge in [-0.05, 0) is 62.8 Å². The molecule has 106 valence electrons. The van der Waals surface area contributed by atoms with Gasteiger partial charge in [-0.3, -0.25) is 0 Å². The predicted molar refractivity (Wildman–Crippen MR) is 76.6 cm³/mol. The molecule has 0 aromatic rings. The topological polar surface area (TPSA) is 23.5 Å². The van der Waals surface area contributed by atoms with Crippen molar-refractivity contribution in [3.8, 4) is 0 Å². The zero-order valence-corrected chi connectivity index (χ0v) is 12.7. The molecule has 4 atom stereocenters. The van der Waals surface area contributed by atoms with Gasteiger partial charge in [0.2, 0.25) is 0 Å². The second-order valence-corrected chi connectivity index (χ2v) is 7.69. The van der Waals surface area contributed by atoms with E-state index in [0.717, 1.165) is 24.9 Å². The van der Waals surface area contributed by atoms with E-state index >= 15 is 0 Å². The number of rotatable bonds is 2. The number of aliphatic hydroxyl groups is 1. The number of nitrogens with zero attached hydrogens (tertiary/aromatic N) is 1. The van der Waals surface area contributed by atoms with Crippen molar-refractivity contribution in [2.45, 2.75) is 71.9 Å². The predicted octanol–water partition coefficient (Wildman–Crippen LogP) is 3.29. The van der Waals surface area contributed by atoms with Gasteiger partial charge in [-0.15, -0.1) is 0 Å². The largest absolute Gasteiger partial charge is 0.393 e. The normalized spacial score (nSPS) is 39.2. The van der Waals surface area contributed by atoms with Crippen LogP contribution in [0.2, 0.25) is 0 Å². The second kappa shape index (κ2) is 5.50. The minimum Gasteiger partial charge on any atom is -0.393 e. The summed E-state index contributed by atoms with van der Waals surface area (Å²) in [4.78, 5) is 2.60. The van der Waals surface area contributed by atoms with Gasteiger partial charge in [-0.25, -0.2) is 0 Å². The van der Waals surface area contributed by atoms with E-state index in [1.807, 2.05) is 0 Å². The van der Waals surface area contributed by atoms with Crippen LogP contribution >= 0.6 is 0 Å². The van der Waals surface area contributed by atoms with Gasteiger partial charge >= 0.3 is 0 Å². The Balaban J connectivity index is 1.93. The third-order valence-corrected chi connectivity index (χ3v) is 5.33. The first kappa shape index (κ1) is 14.3. The Kier molecular flexibility index (Phi) is 4.38. The Morgan fingerprint density at radius 3 is 2.44 bits per heavy atom. The molecule has 0 aromatic heterocycles. The summed E-state index contributed by atoms with van der Waals surface area (Å²) in [6, 6.07) is 0.729. The van der Waals surface area contributed by atoms with Gasteiger partial charge < -0.3 is 10.0 Å². The van der Waals surface area contributed by atoms with Crippen molar-refractivity contribution >= 4 is 0 Å². The first-order valence-electron chi connectivity index (χ1n) is 7.80. The monoisotopic (exact) mass is 253 g/mol. The molecule has 0 spiro atoms. The zero-order valence-electron chi connectivity index (χ0n) is 12.7. The van der Waals surface area contributed by atoms with Crippen LogP contribution in [0.1, 0.15) is 59.8 Å². The molecule has 1 aliphatic carbocycles. The Morgan fingerprint density at radius 1 is 1.17 bits per heavy atom. The molecule has 4 unspecified atom stereocenters. The molecule has 0 radical (unpaired) electrons.